The van der Waals surface area contributed by atoms with Crippen molar-refractivity contribution >= 4 is 40.9 Å². The molecule has 94 valence electrons. The number of carbonyl (C=O) groups excluding carboxylic acids is 1. The highest BCUT2D eigenvalue weighted by molar-refractivity contribution is 7.99. The molecule has 1 amide bonds. The first-order valence-electron chi connectivity index (χ1n) is 5.11. The molecule has 1 aliphatic carbocycles. The highest BCUT2D eigenvalue weighted by Crippen LogP contribution is 2.63. The lowest BCUT2D eigenvalue weighted by Gasteiger charge is -2.23. The van der Waals surface area contributed by atoms with E-state index in [4.69, 9.17) is 28.3 Å². The molecule has 0 saturated heterocycles. The van der Waals surface area contributed by atoms with Gasteiger partial charge < -0.3 is 10.4 Å². The van der Waals surface area contributed by atoms with Crippen molar-refractivity contribution < 1.29 is 9.90 Å². The molecule has 1 fully saturated rings. The highest BCUT2D eigenvalue weighted by Gasteiger charge is 2.68. The molecule has 16 heavy (non-hydrogen) atoms. The maximum atomic E-state index is 11.9. The Balaban J connectivity index is 2.53. The molecule has 0 bridgehead atoms. The van der Waals surface area contributed by atoms with Crippen LogP contribution in [0.25, 0.3) is 0 Å². The van der Waals surface area contributed by atoms with Gasteiger partial charge >= 0.3 is 0 Å². The van der Waals surface area contributed by atoms with Crippen LogP contribution < -0.4 is 5.32 Å². The lowest BCUT2D eigenvalue weighted by molar-refractivity contribution is -0.126. The monoisotopic (exact) mass is 285 g/mol. The summed E-state index contributed by atoms with van der Waals surface area (Å²) in [5, 5.41) is 11.9. The third kappa shape index (κ3) is 2.61. The number of amides is 1. The Morgan fingerprint density at radius 2 is 2.12 bits per heavy atom. The summed E-state index contributed by atoms with van der Waals surface area (Å²) in [7, 11) is 0. The molecule has 0 aromatic carbocycles. The molecule has 0 aliphatic heterocycles. The van der Waals surface area contributed by atoms with Gasteiger partial charge in [0, 0.05) is 11.3 Å². The predicted molar refractivity (Wildman–Crippen MR) is 69.2 cm³/mol. The molecule has 0 aromatic rings. The van der Waals surface area contributed by atoms with E-state index in [0.29, 0.717) is 6.42 Å². The number of carbonyl (C=O) groups is 1. The number of aliphatic hydroxyl groups is 1. The molecule has 3 nitrogen and oxygen atoms in total. The van der Waals surface area contributed by atoms with Gasteiger partial charge in [-0.25, -0.2) is 0 Å². The van der Waals surface area contributed by atoms with Crippen LogP contribution in [0.15, 0.2) is 0 Å². The molecule has 1 rings (SSSR count). The smallest absolute Gasteiger partial charge is 0.229 e. The average Bonchev–Trinajstić information content (AvgIpc) is 2.69. The average molecular weight is 286 g/mol. The fourth-order valence-corrected chi connectivity index (χ4v) is 2.87. The zero-order chi connectivity index (χ0) is 12.6. The van der Waals surface area contributed by atoms with Crippen LogP contribution in [0.3, 0.4) is 0 Å². The van der Waals surface area contributed by atoms with E-state index in [1.54, 1.807) is 6.92 Å². The van der Waals surface area contributed by atoms with Crippen molar-refractivity contribution in [2.24, 2.45) is 5.41 Å². The second-order valence-corrected chi connectivity index (χ2v) is 6.99. The summed E-state index contributed by atoms with van der Waals surface area (Å²) < 4.78 is -0.940. The van der Waals surface area contributed by atoms with Crippen molar-refractivity contribution in [2.45, 2.75) is 35.9 Å². The number of rotatable bonds is 5. The van der Waals surface area contributed by atoms with E-state index >= 15 is 0 Å². The Morgan fingerprint density at radius 1 is 1.62 bits per heavy atom. The van der Waals surface area contributed by atoms with E-state index in [1.807, 2.05) is 13.2 Å². The van der Waals surface area contributed by atoms with Crippen LogP contribution in [0.4, 0.5) is 0 Å². The molecule has 1 saturated carbocycles. The summed E-state index contributed by atoms with van der Waals surface area (Å²) in [5.74, 6) is -0.141. The summed E-state index contributed by atoms with van der Waals surface area (Å²) in [6, 6.07) is -0.103. The Morgan fingerprint density at radius 3 is 2.44 bits per heavy atom. The van der Waals surface area contributed by atoms with Gasteiger partial charge in [-0.3, -0.25) is 4.79 Å². The highest BCUT2D eigenvalue weighted by atomic mass is 35.5. The van der Waals surface area contributed by atoms with E-state index < -0.39 is 9.75 Å². The number of thioether (sulfide) groups is 1. The molecule has 1 aliphatic rings. The molecule has 0 radical (unpaired) electrons. The minimum Gasteiger partial charge on any atom is -0.395 e. The zero-order valence-electron chi connectivity index (χ0n) is 9.59. The molecule has 0 aromatic heterocycles. The normalized spacial score (nSPS) is 30.6. The molecule has 3 atom stereocenters. The van der Waals surface area contributed by atoms with Gasteiger partial charge in [0.2, 0.25) is 5.91 Å². The number of nitrogens with one attached hydrogen (secondary N) is 1. The Labute approximate surface area is 110 Å². The van der Waals surface area contributed by atoms with Crippen LogP contribution in [0.5, 0.6) is 0 Å². The van der Waals surface area contributed by atoms with Crippen molar-refractivity contribution in [1.82, 2.24) is 5.32 Å². The minimum atomic E-state index is -0.940. The van der Waals surface area contributed by atoms with E-state index in [-0.39, 0.29) is 23.8 Å². The lowest BCUT2D eigenvalue weighted by Crippen LogP contribution is -2.45. The first kappa shape index (κ1) is 14.4. The quantitative estimate of drug-likeness (QED) is 0.758. The Hall–Kier alpha value is 0.360. The van der Waals surface area contributed by atoms with E-state index in [2.05, 4.69) is 5.32 Å². The predicted octanol–water partition coefficient (Wildman–Crippen LogP) is 1.80. The van der Waals surface area contributed by atoms with Crippen LogP contribution in [0.2, 0.25) is 0 Å². The first-order valence-corrected chi connectivity index (χ1v) is 7.15. The third-order valence-electron chi connectivity index (χ3n) is 3.16. The van der Waals surface area contributed by atoms with Crippen molar-refractivity contribution in [3.05, 3.63) is 0 Å². The molecule has 2 N–H and O–H groups in total. The van der Waals surface area contributed by atoms with Gasteiger partial charge in [-0.15, -0.1) is 23.2 Å². The molecular weight excluding hydrogens is 269 g/mol. The summed E-state index contributed by atoms with van der Waals surface area (Å²) in [5.41, 5.74) is -0.692. The van der Waals surface area contributed by atoms with Crippen LogP contribution >= 0.6 is 35.0 Å². The van der Waals surface area contributed by atoms with Gasteiger partial charge in [-0.1, -0.05) is 0 Å². The van der Waals surface area contributed by atoms with E-state index in [1.165, 1.54) is 11.8 Å². The number of hydrogen-bond acceptors (Lipinski definition) is 3. The second kappa shape index (κ2) is 4.92. The van der Waals surface area contributed by atoms with E-state index in [9.17, 15) is 4.79 Å². The van der Waals surface area contributed by atoms with Gasteiger partial charge in [0.1, 0.15) is 4.33 Å². The van der Waals surface area contributed by atoms with E-state index in [0.717, 1.165) is 0 Å². The van der Waals surface area contributed by atoms with Crippen LogP contribution in [-0.2, 0) is 4.79 Å². The van der Waals surface area contributed by atoms with Crippen molar-refractivity contribution in [3.8, 4) is 0 Å². The summed E-state index contributed by atoms with van der Waals surface area (Å²) in [6.07, 6.45) is 2.38. The number of aliphatic hydroxyl groups excluding tert-OH is 1. The van der Waals surface area contributed by atoms with Gasteiger partial charge in [0.25, 0.3) is 0 Å². The van der Waals surface area contributed by atoms with Gasteiger partial charge in [0.15, 0.2) is 0 Å². The topological polar surface area (TPSA) is 49.3 Å². The number of alkyl halides is 2. The Bertz CT molecular complexity index is 284. The maximum absolute atomic E-state index is 11.9. The third-order valence-corrected chi connectivity index (χ3v) is 5.42. The number of hydrogen-bond donors (Lipinski definition) is 2. The molecule has 0 spiro atoms. The fourth-order valence-electron chi connectivity index (χ4n) is 1.54. The second-order valence-electron chi connectivity index (χ2n) is 4.43. The summed E-state index contributed by atoms with van der Waals surface area (Å²) in [6.45, 7) is 3.65. The summed E-state index contributed by atoms with van der Waals surface area (Å²) >= 11 is 13.4. The molecule has 0 heterocycles. The minimum absolute atomic E-state index is 0.00801. The van der Waals surface area contributed by atoms with Crippen LogP contribution in [0, 0.1) is 5.41 Å². The van der Waals surface area contributed by atoms with Gasteiger partial charge in [-0.05, 0) is 26.5 Å². The maximum Gasteiger partial charge on any atom is 0.229 e. The van der Waals surface area contributed by atoms with Crippen molar-refractivity contribution in [2.75, 3.05) is 12.9 Å². The SMILES string of the molecule is CSC(CO)C(C)NC(=O)C1(C)CC1(Cl)Cl. The largest absolute Gasteiger partial charge is 0.395 e. The fraction of sp³-hybridized carbons (Fsp3) is 0.900. The molecule has 3 unspecified atom stereocenters. The zero-order valence-corrected chi connectivity index (χ0v) is 11.9. The lowest BCUT2D eigenvalue weighted by atomic mass is 10.1. The molecule has 6 heteroatoms. The van der Waals surface area contributed by atoms with Crippen molar-refractivity contribution in [1.29, 1.82) is 0 Å². The standard InChI is InChI=1S/C10H17Cl2NO2S/c1-6(7(4-14)16-3)13-8(15)9(2)5-10(9,11)12/h6-7,14H,4-5H2,1-3H3,(H,13,15). The number of halogens is 2. The van der Waals surface area contributed by atoms with Crippen LogP contribution in [0.1, 0.15) is 20.3 Å². The first-order chi connectivity index (χ1) is 7.28. The molecular formula is C10H17Cl2NO2S. The summed E-state index contributed by atoms with van der Waals surface area (Å²) in [4.78, 5) is 11.9. The van der Waals surface area contributed by atoms with Gasteiger partial charge in [-0.2, -0.15) is 11.8 Å². The van der Waals surface area contributed by atoms with Crippen molar-refractivity contribution in [3.63, 3.8) is 0 Å². The van der Waals surface area contributed by atoms with Gasteiger partial charge in [0.05, 0.1) is 12.0 Å². The Kier molecular flexibility index (Phi) is 4.44. The van der Waals surface area contributed by atoms with Crippen LogP contribution in [-0.4, -0.2) is 39.5 Å².